The van der Waals surface area contributed by atoms with Crippen LogP contribution >= 0.6 is 0 Å². The van der Waals surface area contributed by atoms with E-state index in [-0.39, 0.29) is 0 Å². The number of nitrogens with one attached hydrogen (secondary N) is 1. The first-order valence-electron chi connectivity index (χ1n) is 5.21. The number of nitrogens with zero attached hydrogens (tertiary/aromatic N) is 1. The molecule has 4 nitrogen and oxygen atoms in total. The van der Waals surface area contributed by atoms with E-state index in [2.05, 4.69) is 10.3 Å². The second kappa shape index (κ2) is 4.51. The van der Waals surface area contributed by atoms with Crippen LogP contribution in [-0.2, 0) is 4.74 Å². The third-order valence-electron chi connectivity index (χ3n) is 1.73. The fraction of sp³-hybridized carbons (Fsp3) is 0.500. The molecule has 1 heterocycles. The highest BCUT2D eigenvalue weighted by Crippen LogP contribution is 2.13. The van der Waals surface area contributed by atoms with Gasteiger partial charge in [0.05, 0.1) is 0 Å². The van der Waals surface area contributed by atoms with Gasteiger partial charge in [0.25, 0.3) is 0 Å². The Bertz CT molecular complexity index is 374. The van der Waals surface area contributed by atoms with Crippen LogP contribution in [0.2, 0.25) is 0 Å². The smallest absolute Gasteiger partial charge is 0.412 e. The van der Waals surface area contributed by atoms with Crippen molar-refractivity contribution in [1.29, 1.82) is 0 Å². The molecule has 1 aromatic heterocycles. The zero-order valence-electron chi connectivity index (χ0n) is 10.4. The highest BCUT2D eigenvalue weighted by molar-refractivity contribution is 5.84. The van der Waals surface area contributed by atoms with Gasteiger partial charge in [0.1, 0.15) is 5.60 Å². The Morgan fingerprint density at radius 3 is 2.19 bits per heavy atom. The van der Waals surface area contributed by atoms with E-state index in [1.165, 1.54) is 0 Å². The van der Waals surface area contributed by atoms with Gasteiger partial charge >= 0.3 is 6.09 Å². The largest absolute Gasteiger partial charge is 0.444 e. The second-order valence-corrected chi connectivity index (χ2v) is 4.77. The quantitative estimate of drug-likeness (QED) is 0.794. The van der Waals surface area contributed by atoms with Gasteiger partial charge in [-0.3, -0.25) is 10.3 Å². The summed E-state index contributed by atoms with van der Waals surface area (Å²) in [6.07, 6.45) is -0.447. The maximum absolute atomic E-state index is 11.5. The van der Waals surface area contributed by atoms with Crippen LogP contribution in [0.4, 0.5) is 10.5 Å². The number of rotatable bonds is 1. The van der Waals surface area contributed by atoms with Crippen molar-refractivity contribution in [3.05, 3.63) is 23.5 Å². The predicted octanol–water partition coefficient (Wildman–Crippen LogP) is 3.05. The fourth-order valence-corrected chi connectivity index (χ4v) is 1.33. The summed E-state index contributed by atoms with van der Waals surface area (Å²) >= 11 is 0. The summed E-state index contributed by atoms with van der Waals surface area (Å²) in [6.45, 7) is 9.25. The molecule has 0 fully saturated rings. The Morgan fingerprint density at radius 2 is 1.75 bits per heavy atom. The maximum atomic E-state index is 11.5. The van der Waals surface area contributed by atoms with Crippen molar-refractivity contribution in [3.63, 3.8) is 0 Å². The Hall–Kier alpha value is -1.58. The number of hydrogen-bond donors (Lipinski definition) is 1. The lowest BCUT2D eigenvalue weighted by atomic mass is 10.2. The van der Waals surface area contributed by atoms with Crippen molar-refractivity contribution in [3.8, 4) is 0 Å². The van der Waals surface area contributed by atoms with E-state index < -0.39 is 11.7 Å². The molecule has 1 aromatic rings. The van der Waals surface area contributed by atoms with Gasteiger partial charge in [-0.25, -0.2) is 4.79 Å². The molecule has 0 aromatic carbocycles. The van der Waals surface area contributed by atoms with E-state index in [9.17, 15) is 4.79 Å². The lowest BCUT2D eigenvalue weighted by molar-refractivity contribution is 0.0636. The zero-order chi connectivity index (χ0) is 12.3. The number of aryl methyl sites for hydroxylation is 2. The van der Waals surface area contributed by atoms with E-state index in [0.717, 1.165) is 11.4 Å². The molecule has 0 aliphatic rings. The molecule has 0 saturated heterocycles. The molecule has 1 rings (SSSR count). The summed E-state index contributed by atoms with van der Waals surface area (Å²) in [4.78, 5) is 15.7. The molecule has 0 spiro atoms. The number of amides is 1. The monoisotopic (exact) mass is 222 g/mol. The van der Waals surface area contributed by atoms with Crippen LogP contribution in [0, 0.1) is 13.8 Å². The third-order valence-corrected chi connectivity index (χ3v) is 1.73. The highest BCUT2D eigenvalue weighted by Gasteiger charge is 2.16. The van der Waals surface area contributed by atoms with Crippen molar-refractivity contribution in [1.82, 2.24) is 4.98 Å². The topological polar surface area (TPSA) is 51.2 Å². The van der Waals surface area contributed by atoms with E-state index in [0.29, 0.717) is 5.69 Å². The van der Waals surface area contributed by atoms with Crippen molar-refractivity contribution < 1.29 is 9.53 Å². The summed E-state index contributed by atoms with van der Waals surface area (Å²) in [5, 5.41) is 2.68. The molecule has 0 saturated carbocycles. The highest BCUT2D eigenvalue weighted by atomic mass is 16.6. The summed E-state index contributed by atoms with van der Waals surface area (Å²) in [6, 6.07) is 3.60. The van der Waals surface area contributed by atoms with Gasteiger partial charge in [0, 0.05) is 17.1 Å². The van der Waals surface area contributed by atoms with E-state index in [1.54, 1.807) is 12.1 Å². The summed E-state index contributed by atoms with van der Waals surface area (Å²) in [5.41, 5.74) is 1.96. The number of aromatic nitrogens is 1. The first-order valence-corrected chi connectivity index (χ1v) is 5.21. The molecule has 0 aliphatic heterocycles. The molecular formula is C12H18N2O2. The van der Waals surface area contributed by atoms with Gasteiger partial charge in [-0.1, -0.05) is 0 Å². The minimum atomic E-state index is -0.485. The first-order chi connectivity index (χ1) is 7.26. The van der Waals surface area contributed by atoms with Crippen LogP contribution in [-0.4, -0.2) is 16.7 Å². The van der Waals surface area contributed by atoms with Crippen molar-refractivity contribution in [2.24, 2.45) is 0 Å². The predicted molar refractivity (Wildman–Crippen MR) is 63.6 cm³/mol. The molecule has 4 heteroatoms. The normalized spacial score (nSPS) is 11.1. The van der Waals surface area contributed by atoms with Crippen LogP contribution in [0.15, 0.2) is 12.1 Å². The molecule has 0 radical (unpaired) electrons. The molecule has 1 amide bonds. The summed E-state index contributed by atoms with van der Waals surface area (Å²) in [5.74, 6) is 0. The van der Waals surface area contributed by atoms with Crippen LogP contribution in [0.1, 0.15) is 32.2 Å². The molecule has 16 heavy (non-hydrogen) atoms. The van der Waals surface area contributed by atoms with E-state index in [4.69, 9.17) is 4.74 Å². The van der Waals surface area contributed by atoms with Crippen LogP contribution in [0.5, 0.6) is 0 Å². The zero-order valence-corrected chi connectivity index (χ0v) is 10.4. The fourth-order valence-electron chi connectivity index (χ4n) is 1.33. The number of anilines is 1. The van der Waals surface area contributed by atoms with Gasteiger partial charge in [0.15, 0.2) is 0 Å². The van der Waals surface area contributed by atoms with Crippen LogP contribution in [0.25, 0.3) is 0 Å². The Balaban J connectivity index is 2.70. The van der Waals surface area contributed by atoms with Crippen molar-refractivity contribution >= 4 is 11.8 Å². The Labute approximate surface area is 96.0 Å². The number of carbonyl (C=O) groups is 1. The average molecular weight is 222 g/mol. The lowest BCUT2D eigenvalue weighted by Crippen LogP contribution is -2.27. The van der Waals surface area contributed by atoms with Crippen molar-refractivity contribution in [2.45, 2.75) is 40.2 Å². The average Bonchev–Trinajstić information content (AvgIpc) is 1.96. The first kappa shape index (κ1) is 12.5. The van der Waals surface area contributed by atoms with E-state index in [1.807, 2.05) is 34.6 Å². The third kappa shape index (κ3) is 4.29. The number of carbonyl (C=O) groups excluding carboxylic acids is 1. The van der Waals surface area contributed by atoms with Gasteiger partial charge < -0.3 is 4.74 Å². The minimum absolute atomic E-state index is 0.447. The molecule has 0 aliphatic carbocycles. The molecule has 88 valence electrons. The SMILES string of the molecule is Cc1cc(NC(=O)OC(C)(C)C)cc(C)n1. The summed E-state index contributed by atoms with van der Waals surface area (Å²) in [7, 11) is 0. The lowest BCUT2D eigenvalue weighted by Gasteiger charge is -2.19. The van der Waals surface area contributed by atoms with Gasteiger partial charge in [-0.2, -0.15) is 0 Å². The molecule has 0 unspecified atom stereocenters. The summed E-state index contributed by atoms with van der Waals surface area (Å²) < 4.78 is 5.15. The van der Waals surface area contributed by atoms with Crippen molar-refractivity contribution in [2.75, 3.05) is 5.32 Å². The second-order valence-electron chi connectivity index (χ2n) is 4.77. The van der Waals surface area contributed by atoms with Gasteiger partial charge in [0.2, 0.25) is 0 Å². The molecule has 1 N–H and O–H groups in total. The molecule has 0 atom stereocenters. The number of pyridine rings is 1. The Morgan fingerprint density at radius 1 is 1.25 bits per heavy atom. The minimum Gasteiger partial charge on any atom is -0.444 e. The van der Waals surface area contributed by atoms with Gasteiger partial charge in [-0.15, -0.1) is 0 Å². The maximum Gasteiger partial charge on any atom is 0.412 e. The number of ether oxygens (including phenoxy) is 1. The van der Waals surface area contributed by atoms with E-state index >= 15 is 0 Å². The number of hydrogen-bond acceptors (Lipinski definition) is 3. The standard InChI is InChI=1S/C12H18N2O2/c1-8-6-10(7-9(2)13-8)14-11(15)16-12(3,4)5/h6-7H,1-5H3,(H,13,14,15). The molecule has 0 bridgehead atoms. The Kier molecular flexibility index (Phi) is 3.52. The molecular weight excluding hydrogens is 204 g/mol. The van der Waals surface area contributed by atoms with Crippen LogP contribution < -0.4 is 5.32 Å². The van der Waals surface area contributed by atoms with Gasteiger partial charge in [-0.05, 0) is 46.8 Å². The van der Waals surface area contributed by atoms with Crippen LogP contribution in [0.3, 0.4) is 0 Å².